The Kier molecular flexibility index (Phi) is 5.55. The van der Waals surface area contributed by atoms with E-state index in [1.54, 1.807) is 0 Å². The van der Waals surface area contributed by atoms with E-state index in [4.69, 9.17) is 0 Å². The molecule has 1 N–H and O–H groups in total. The highest BCUT2D eigenvalue weighted by Crippen LogP contribution is 2.27. The van der Waals surface area contributed by atoms with Crippen molar-refractivity contribution in [2.24, 2.45) is 5.92 Å². The van der Waals surface area contributed by atoms with Crippen molar-refractivity contribution < 1.29 is 18.0 Å². The molecule has 1 heterocycles. The second kappa shape index (κ2) is 5.72. The zero-order valence-electron chi connectivity index (χ0n) is 9.17. The van der Waals surface area contributed by atoms with Gasteiger partial charge in [0.05, 0.1) is 0 Å². The van der Waals surface area contributed by atoms with E-state index in [1.165, 1.54) is 4.90 Å². The number of nitrogens with zero attached hydrogens (tertiary/aromatic N) is 1. The molecule has 1 aliphatic rings. The van der Waals surface area contributed by atoms with E-state index in [-0.39, 0.29) is 18.4 Å². The molecule has 0 aromatic heterocycles. The van der Waals surface area contributed by atoms with Gasteiger partial charge >= 0.3 is 6.18 Å². The highest BCUT2D eigenvalue weighted by atomic mass is 35.5. The summed E-state index contributed by atoms with van der Waals surface area (Å²) < 4.78 is 36.9. The number of hydrogen-bond donors (Lipinski definition) is 1. The van der Waals surface area contributed by atoms with E-state index in [0.29, 0.717) is 19.6 Å². The number of halogens is 4. The van der Waals surface area contributed by atoms with Crippen LogP contribution in [0, 0.1) is 5.92 Å². The minimum atomic E-state index is -4.44. The Morgan fingerprint density at radius 1 is 1.50 bits per heavy atom. The Morgan fingerprint density at radius 3 is 2.50 bits per heavy atom. The van der Waals surface area contributed by atoms with Crippen LogP contribution < -0.4 is 5.32 Å². The predicted molar refractivity (Wildman–Crippen MR) is 56.5 cm³/mol. The summed E-state index contributed by atoms with van der Waals surface area (Å²) in [5.41, 5.74) is 0. The van der Waals surface area contributed by atoms with Crippen LogP contribution in [0.1, 0.15) is 13.8 Å². The smallest absolute Gasteiger partial charge is 0.339 e. The quantitative estimate of drug-likeness (QED) is 0.774. The Balaban J connectivity index is 0.00000225. The first-order valence-corrected chi connectivity index (χ1v) is 4.91. The lowest BCUT2D eigenvalue weighted by Crippen LogP contribution is -2.53. The molecule has 96 valence electrons. The predicted octanol–water partition coefficient (Wildman–Crippen LogP) is 1.43. The molecule has 1 aliphatic heterocycles. The number of nitrogens with one attached hydrogen (secondary N) is 1. The first-order chi connectivity index (χ1) is 6.82. The molecule has 2 atom stereocenters. The second-order valence-electron chi connectivity index (χ2n) is 3.90. The number of rotatable bonds is 1. The van der Waals surface area contributed by atoms with E-state index in [9.17, 15) is 18.0 Å². The molecule has 1 rings (SSSR count). The van der Waals surface area contributed by atoms with Crippen molar-refractivity contribution in [1.29, 1.82) is 0 Å². The third-order valence-electron chi connectivity index (χ3n) is 2.54. The summed E-state index contributed by atoms with van der Waals surface area (Å²) in [6.07, 6.45) is -4.44. The van der Waals surface area contributed by atoms with Crippen LogP contribution >= 0.6 is 12.4 Å². The van der Waals surface area contributed by atoms with Crippen LogP contribution in [0.3, 0.4) is 0 Å². The van der Waals surface area contributed by atoms with Gasteiger partial charge in [-0.1, -0.05) is 0 Å². The molecule has 0 aromatic carbocycles. The number of carbonyl (C=O) groups is 1. The normalized spacial score (nSPS) is 23.6. The van der Waals surface area contributed by atoms with Crippen LogP contribution in [0.5, 0.6) is 0 Å². The van der Waals surface area contributed by atoms with Crippen LogP contribution in [-0.4, -0.2) is 42.7 Å². The fourth-order valence-corrected chi connectivity index (χ4v) is 1.55. The van der Waals surface area contributed by atoms with Crippen molar-refractivity contribution in [3.63, 3.8) is 0 Å². The number of alkyl halides is 3. The topological polar surface area (TPSA) is 32.3 Å². The van der Waals surface area contributed by atoms with Gasteiger partial charge in [-0.25, -0.2) is 0 Å². The van der Waals surface area contributed by atoms with Gasteiger partial charge in [-0.05, 0) is 13.8 Å². The zero-order valence-corrected chi connectivity index (χ0v) is 9.99. The SMILES string of the molecule is CC(C(=O)N1CCN[C@H](C)C1)C(F)(F)F.Cl. The van der Waals surface area contributed by atoms with Crippen molar-refractivity contribution in [1.82, 2.24) is 10.2 Å². The average Bonchev–Trinajstić information content (AvgIpc) is 2.14. The first-order valence-electron chi connectivity index (χ1n) is 4.91. The maximum absolute atomic E-state index is 12.3. The van der Waals surface area contributed by atoms with Gasteiger partial charge in [0.1, 0.15) is 5.92 Å². The molecular formula is C9H16ClF3N2O. The summed E-state index contributed by atoms with van der Waals surface area (Å²) in [6.45, 7) is 4.01. The summed E-state index contributed by atoms with van der Waals surface area (Å²) >= 11 is 0. The standard InChI is InChI=1S/C9H15F3N2O.ClH/c1-6-5-14(4-3-13-6)8(15)7(2)9(10,11)12;/h6-7,13H,3-5H2,1-2H3;1H/t6-,7?;/m1./s1. The third-order valence-corrected chi connectivity index (χ3v) is 2.54. The summed E-state index contributed by atoms with van der Waals surface area (Å²) in [4.78, 5) is 12.7. The van der Waals surface area contributed by atoms with E-state index >= 15 is 0 Å². The summed E-state index contributed by atoms with van der Waals surface area (Å²) in [7, 11) is 0. The van der Waals surface area contributed by atoms with E-state index in [0.717, 1.165) is 6.92 Å². The lowest BCUT2D eigenvalue weighted by atomic mass is 10.1. The van der Waals surface area contributed by atoms with Crippen molar-refractivity contribution in [3.05, 3.63) is 0 Å². The fourth-order valence-electron chi connectivity index (χ4n) is 1.55. The van der Waals surface area contributed by atoms with Gasteiger partial charge in [-0.3, -0.25) is 4.79 Å². The maximum Gasteiger partial charge on any atom is 0.400 e. The molecule has 0 bridgehead atoms. The monoisotopic (exact) mass is 260 g/mol. The van der Waals surface area contributed by atoms with E-state index < -0.39 is 18.0 Å². The first kappa shape index (κ1) is 15.5. The molecule has 3 nitrogen and oxygen atoms in total. The second-order valence-corrected chi connectivity index (χ2v) is 3.90. The largest absolute Gasteiger partial charge is 0.400 e. The van der Waals surface area contributed by atoms with E-state index in [1.807, 2.05) is 6.92 Å². The Bertz CT molecular complexity index is 247. The fraction of sp³-hybridized carbons (Fsp3) is 0.889. The van der Waals surface area contributed by atoms with Gasteiger partial charge in [0.2, 0.25) is 5.91 Å². The minimum Gasteiger partial charge on any atom is -0.339 e. The van der Waals surface area contributed by atoms with Gasteiger partial charge in [0.15, 0.2) is 0 Å². The third kappa shape index (κ3) is 3.83. The zero-order chi connectivity index (χ0) is 11.6. The Morgan fingerprint density at radius 2 is 2.06 bits per heavy atom. The molecule has 0 radical (unpaired) electrons. The molecule has 0 saturated carbocycles. The van der Waals surface area contributed by atoms with Crippen LogP contribution in [-0.2, 0) is 4.79 Å². The Labute approximate surface area is 98.8 Å². The molecule has 0 spiro atoms. The van der Waals surface area contributed by atoms with Gasteiger partial charge in [-0.2, -0.15) is 13.2 Å². The molecular weight excluding hydrogens is 245 g/mol. The molecule has 7 heteroatoms. The molecule has 0 aliphatic carbocycles. The Hall–Kier alpha value is -0.490. The lowest BCUT2D eigenvalue weighted by Gasteiger charge is -2.33. The van der Waals surface area contributed by atoms with Crippen molar-refractivity contribution in [2.75, 3.05) is 19.6 Å². The summed E-state index contributed by atoms with van der Waals surface area (Å²) in [6, 6.07) is 0.0585. The van der Waals surface area contributed by atoms with Gasteiger partial charge < -0.3 is 10.2 Å². The van der Waals surface area contributed by atoms with Crippen LogP contribution in [0.25, 0.3) is 0 Å². The molecule has 16 heavy (non-hydrogen) atoms. The number of carbonyl (C=O) groups excluding carboxylic acids is 1. The van der Waals surface area contributed by atoms with Gasteiger partial charge in [0, 0.05) is 25.7 Å². The lowest BCUT2D eigenvalue weighted by molar-refractivity contribution is -0.186. The molecule has 1 saturated heterocycles. The van der Waals surface area contributed by atoms with Gasteiger partial charge in [-0.15, -0.1) is 12.4 Å². The van der Waals surface area contributed by atoms with E-state index in [2.05, 4.69) is 5.32 Å². The highest BCUT2D eigenvalue weighted by Gasteiger charge is 2.43. The van der Waals surface area contributed by atoms with Crippen molar-refractivity contribution >= 4 is 18.3 Å². The molecule has 0 aromatic rings. The maximum atomic E-state index is 12.3. The summed E-state index contributed by atoms with van der Waals surface area (Å²) in [5, 5.41) is 3.07. The van der Waals surface area contributed by atoms with Crippen molar-refractivity contribution in [2.45, 2.75) is 26.1 Å². The molecule has 1 amide bonds. The van der Waals surface area contributed by atoms with Crippen LogP contribution in [0.2, 0.25) is 0 Å². The highest BCUT2D eigenvalue weighted by molar-refractivity contribution is 5.85. The summed E-state index contributed by atoms with van der Waals surface area (Å²) in [5.74, 6) is -2.72. The minimum absolute atomic E-state index is 0. The van der Waals surface area contributed by atoms with Crippen molar-refractivity contribution in [3.8, 4) is 0 Å². The number of hydrogen-bond acceptors (Lipinski definition) is 2. The molecule has 1 fully saturated rings. The van der Waals surface area contributed by atoms with Crippen LogP contribution in [0.15, 0.2) is 0 Å². The number of piperazine rings is 1. The molecule has 1 unspecified atom stereocenters. The number of amides is 1. The van der Waals surface area contributed by atoms with Gasteiger partial charge in [0.25, 0.3) is 0 Å². The van der Waals surface area contributed by atoms with Crippen LogP contribution in [0.4, 0.5) is 13.2 Å². The average molecular weight is 261 g/mol.